The number of aliphatic hydroxyl groups is 2. The molecule has 9 atom stereocenters. The van der Waals surface area contributed by atoms with Crippen LogP contribution in [0.4, 0.5) is 0 Å². The fourth-order valence-corrected chi connectivity index (χ4v) is 8.21. The monoisotopic (exact) mass is 434 g/mol. The van der Waals surface area contributed by atoms with E-state index in [4.69, 9.17) is 9.47 Å². The second kappa shape index (κ2) is 6.88. The van der Waals surface area contributed by atoms with Crippen molar-refractivity contribution in [1.29, 1.82) is 0 Å². The predicted molar refractivity (Wildman–Crippen MR) is 111 cm³/mol. The summed E-state index contributed by atoms with van der Waals surface area (Å²) in [6, 6.07) is 0. The van der Waals surface area contributed by atoms with Gasteiger partial charge < -0.3 is 19.7 Å². The molecule has 0 heterocycles. The number of allylic oxidation sites excluding steroid dienone is 1. The highest BCUT2D eigenvalue weighted by molar-refractivity contribution is 6.03. The Morgan fingerprint density at radius 2 is 1.61 bits per heavy atom. The summed E-state index contributed by atoms with van der Waals surface area (Å²) in [6.45, 7) is 12.5. The number of carbonyl (C=O) groups is 3. The molecule has 0 saturated heterocycles. The van der Waals surface area contributed by atoms with Gasteiger partial charge in [-0.1, -0.05) is 27.4 Å². The lowest BCUT2D eigenvalue weighted by molar-refractivity contribution is -0.279. The van der Waals surface area contributed by atoms with Crippen LogP contribution in [-0.2, 0) is 23.9 Å². The van der Waals surface area contributed by atoms with Gasteiger partial charge in [-0.25, -0.2) is 0 Å². The molecular weight excluding hydrogens is 400 g/mol. The van der Waals surface area contributed by atoms with Crippen LogP contribution in [0.25, 0.3) is 0 Å². The molecule has 0 amide bonds. The van der Waals surface area contributed by atoms with Gasteiger partial charge >= 0.3 is 11.9 Å². The van der Waals surface area contributed by atoms with Crippen LogP contribution in [0, 0.1) is 34.0 Å². The third kappa shape index (κ3) is 2.88. The Morgan fingerprint density at radius 3 is 2.19 bits per heavy atom. The van der Waals surface area contributed by atoms with Gasteiger partial charge in [0.2, 0.25) is 0 Å². The first-order valence-electron chi connectivity index (χ1n) is 11.2. The number of ether oxygens (including phenoxy) is 2. The van der Waals surface area contributed by atoms with Crippen molar-refractivity contribution >= 4 is 17.7 Å². The minimum Gasteiger partial charge on any atom is -0.462 e. The van der Waals surface area contributed by atoms with Crippen LogP contribution in [0.1, 0.15) is 60.3 Å². The molecule has 0 unspecified atom stereocenters. The first kappa shape index (κ1) is 22.5. The molecule has 2 N–H and O–H groups in total. The van der Waals surface area contributed by atoms with Crippen LogP contribution < -0.4 is 0 Å². The van der Waals surface area contributed by atoms with E-state index in [-0.39, 0.29) is 24.5 Å². The van der Waals surface area contributed by atoms with Crippen molar-refractivity contribution in [2.75, 3.05) is 0 Å². The zero-order chi connectivity index (χ0) is 23.1. The average Bonchev–Trinajstić information content (AvgIpc) is 2.79. The predicted octanol–water partition coefficient (Wildman–Crippen LogP) is 2.18. The van der Waals surface area contributed by atoms with Crippen molar-refractivity contribution in [2.45, 2.75) is 84.7 Å². The molecule has 4 aliphatic rings. The van der Waals surface area contributed by atoms with Gasteiger partial charge in [-0.3, -0.25) is 14.4 Å². The van der Waals surface area contributed by atoms with Gasteiger partial charge in [0.25, 0.3) is 0 Å². The molecule has 7 nitrogen and oxygen atoms in total. The standard InChI is InChI=1S/C24H34O7/c1-11-14-7-15(27)19-23(6)17(28)8-18(31-13(3)26)22(4,5)20(23)16(30-12(2)25)10-24(19,9-14)21(11)29/h14-20,27-28H,1,7-10H2,2-6H3/t14-,15+,16+,17+,18+,19+,20-,23+,24+/m1/s1. The van der Waals surface area contributed by atoms with Crippen LogP contribution in [0.15, 0.2) is 12.2 Å². The van der Waals surface area contributed by atoms with Crippen LogP contribution >= 0.6 is 0 Å². The minimum absolute atomic E-state index is 0.0667. The fourth-order valence-electron chi connectivity index (χ4n) is 8.21. The summed E-state index contributed by atoms with van der Waals surface area (Å²) in [5.41, 5.74) is -1.94. The van der Waals surface area contributed by atoms with Gasteiger partial charge in [-0.2, -0.15) is 0 Å². The molecule has 0 aromatic carbocycles. The SMILES string of the molecule is C=C1C(=O)[C@]23C[C@H]1C[C@H](O)[C@H]2[C@@]1(C)[C@H]([C@@H](OC(C)=O)C3)C(C)(C)[C@@H](OC(C)=O)C[C@@H]1O. The number of hydrogen-bond donors (Lipinski definition) is 2. The molecule has 2 bridgehead atoms. The van der Waals surface area contributed by atoms with Crippen molar-refractivity contribution in [1.82, 2.24) is 0 Å². The molecule has 172 valence electrons. The number of carbonyl (C=O) groups excluding carboxylic acids is 3. The second-order valence-electron chi connectivity index (χ2n) is 11.1. The highest BCUT2D eigenvalue weighted by Crippen LogP contribution is 2.71. The maximum absolute atomic E-state index is 13.5. The van der Waals surface area contributed by atoms with E-state index in [1.165, 1.54) is 13.8 Å². The normalized spacial score (nSPS) is 47.9. The Hall–Kier alpha value is -1.73. The zero-order valence-electron chi connectivity index (χ0n) is 19.0. The quantitative estimate of drug-likeness (QED) is 0.506. The molecular formula is C24H34O7. The number of hydrogen-bond acceptors (Lipinski definition) is 7. The Morgan fingerprint density at radius 1 is 1.00 bits per heavy atom. The summed E-state index contributed by atoms with van der Waals surface area (Å²) >= 11 is 0. The van der Waals surface area contributed by atoms with Crippen molar-refractivity contribution in [3.8, 4) is 0 Å². The molecule has 0 aromatic rings. The molecule has 4 fully saturated rings. The van der Waals surface area contributed by atoms with Gasteiger partial charge in [-0.05, 0) is 30.8 Å². The van der Waals surface area contributed by atoms with E-state index in [0.29, 0.717) is 18.4 Å². The average molecular weight is 435 g/mol. The van der Waals surface area contributed by atoms with Crippen molar-refractivity contribution in [2.24, 2.45) is 34.0 Å². The third-order valence-electron chi connectivity index (χ3n) is 9.04. The second-order valence-corrected chi connectivity index (χ2v) is 11.1. The van der Waals surface area contributed by atoms with E-state index in [1.54, 1.807) is 0 Å². The maximum atomic E-state index is 13.5. The molecule has 4 aliphatic carbocycles. The first-order chi connectivity index (χ1) is 14.3. The van der Waals surface area contributed by atoms with E-state index >= 15 is 0 Å². The molecule has 0 radical (unpaired) electrons. The van der Waals surface area contributed by atoms with Crippen molar-refractivity contribution in [3.63, 3.8) is 0 Å². The van der Waals surface area contributed by atoms with Gasteiger partial charge in [0.05, 0.1) is 12.2 Å². The molecule has 7 heteroatoms. The van der Waals surface area contributed by atoms with E-state index in [1.807, 2.05) is 20.8 Å². The molecule has 1 spiro atoms. The van der Waals surface area contributed by atoms with Gasteiger partial charge in [0.15, 0.2) is 5.78 Å². The van der Waals surface area contributed by atoms with Gasteiger partial charge in [-0.15, -0.1) is 0 Å². The van der Waals surface area contributed by atoms with Crippen molar-refractivity contribution in [3.05, 3.63) is 12.2 Å². The maximum Gasteiger partial charge on any atom is 0.302 e. The third-order valence-corrected chi connectivity index (χ3v) is 9.04. The number of Topliss-reactive ketones (excluding diaryl/α,β-unsaturated/α-hetero) is 1. The Labute approximate surface area is 183 Å². The van der Waals surface area contributed by atoms with E-state index in [9.17, 15) is 24.6 Å². The van der Waals surface area contributed by atoms with E-state index in [2.05, 4.69) is 6.58 Å². The first-order valence-corrected chi connectivity index (χ1v) is 11.2. The van der Waals surface area contributed by atoms with Gasteiger partial charge in [0, 0.05) is 48.3 Å². The molecule has 4 rings (SSSR count). The molecule has 4 saturated carbocycles. The number of fused-ring (bicyclic) bond motifs is 3. The van der Waals surface area contributed by atoms with Gasteiger partial charge in [0.1, 0.15) is 12.2 Å². The molecule has 0 aliphatic heterocycles. The Balaban J connectivity index is 1.90. The number of aliphatic hydroxyl groups excluding tert-OH is 2. The summed E-state index contributed by atoms with van der Waals surface area (Å²) in [7, 11) is 0. The topological polar surface area (TPSA) is 110 Å². The lowest BCUT2D eigenvalue weighted by atomic mass is 9.38. The van der Waals surface area contributed by atoms with Crippen LogP contribution in [0.2, 0.25) is 0 Å². The smallest absolute Gasteiger partial charge is 0.302 e. The Kier molecular flexibility index (Phi) is 4.99. The molecule has 31 heavy (non-hydrogen) atoms. The van der Waals surface area contributed by atoms with E-state index in [0.717, 1.165) is 0 Å². The van der Waals surface area contributed by atoms with Crippen LogP contribution in [0.5, 0.6) is 0 Å². The largest absolute Gasteiger partial charge is 0.462 e. The summed E-state index contributed by atoms with van der Waals surface area (Å²) in [6.07, 6.45) is -1.46. The fraction of sp³-hybridized carbons (Fsp3) is 0.792. The lowest BCUT2D eigenvalue weighted by Crippen LogP contribution is -2.72. The molecule has 0 aromatic heterocycles. The van der Waals surface area contributed by atoms with Crippen LogP contribution in [-0.4, -0.2) is 52.4 Å². The van der Waals surface area contributed by atoms with E-state index < -0.39 is 64.4 Å². The summed E-state index contributed by atoms with van der Waals surface area (Å²) in [4.78, 5) is 37.4. The number of rotatable bonds is 2. The lowest BCUT2D eigenvalue weighted by Gasteiger charge is -2.67. The summed E-state index contributed by atoms with van der Waals surface area (Å²) in [5.74, 6) is -1.96. The minimum atomic E-state index is -0.942. The van der Waals surface area contributed by atoms with Crippen LogP contribution in [0.3, 0.4) is 0 Å². The van der Waals surface area contributed by atoms with Crippen molar-refractivity contribution < 1.29 is 34.1 Å². The Bertz CT molecular complexity index is 847. The highest BCUT2D eigenvalue weighted by atomic mass is 16.6. The number of ketones is 1. The summed E-state index contributed by atoms with van der Waals surface area (Å²) < 4.78 is 11.4. The number of esters is 2. The highest BCUT2D eigenvalue weighted by Gasteiger charge is 2.75. The summed E-state index contributed by atoms with van der Waals surface area (Å²) in [5, 5.41) is 22.8. The zero-order valence-corrected chi connectivity index (χ0v) is 19.0.